The molecule has 2 heterocycles. The molecule has 0 bridgehead atoms. The highest BCUT2D eigenvalue weighted by Gasteiger charge is 2.27. The largest absolute Gasteiger partial charge is 0.382 e. The number of nitrogens with zero attached hydrogens (tertiary/aromatic N) is 2. The van der Waals surface area contributed by atoms with Gasteiger partial charge in [-0.05, 0) is 45.7 Å². The average Bonchev–Trinajstić information content (AvgIpc) is 3.02. The van der Waals surface area contributed by atoms with Crippen LogP contribution in [0.1, 0.15) is 31.0 Å². The molecule has 134 valence electrons. The van der Waals surface area contributed by atoms with E-state index in [1.54, 1.807) is 6.07 Å². The van der Waals surface area contributed by atoms with Gasteiger partial charge in [-0.2, -0.15) is 0 Å². The van der Waals surface area contributed by atoms with Crippen molar-refractivity contribution in [1.29, 1.82) is 0 Å². The van der Waals surface area contributed by atoms with E-state index in [2.05, 4.69) is 51.9 Å². The first-order valence-electron chi connectivity index (χ1n) is 8.82. The van der Waals surface area contributed by atoms with Crippen LogP contribution in [0.15, 0.2) is 34.9 Å². The van der Waals surface area contributed by atoms with Crippen molar-refractivity contribution in [3.8, 4) is 0 Å². The number of amides is 1. The van der Waals surface area contributed by atoms with Crippen LogP contribution in [0.2, 0.25) is 0 Å². The molecule has 1 aromatic carbocycles. The lowest BCUT2D eigenvalue weighted by atomic mass is 10.0. The summed E-state index contributed by atoms with van der Waals surface area (Å²) in [5.74, 6) is 0.353. The number of nitrogens with one attached hydrogen (secondary N) is 2. The zero-order valence-electron chi connectivity index (χ0n) is 15.1. The number of rotatable bonds is 5. The zero-order chi connectivity index (χ0) is 17.8. The molecule has 1 atom stereocenters. The van der Waals surface area contributed by atoms with Gasteiger partial charge in [0.05, 0.1) is 11.7 Å². The number of carbonyl (C=O) groups excluding carboxylic acids is 1. The van der Waals surface area contributed by atoms with Gasteiger partial charge in [0.2, 0.25) is 11.8 Å². The highest BCUT2D eigenvalue weighted by atomic mass is 16.5. The van der Waals surface area contributed by atoms with E-state index in [9.17, 15) is 4.79 Å². The van der Waals surface area contributed by atoms with Gasteiger partial charge < -0.3 is 9.84 Å². The second-order valence-electron chi connectivity index (χ2n) is 6.82. The highest BCUT2D eigenvalue weighted by molar-refractivity contribution is 5.93. The molecule has 0 aliphatic carbocycles. The Kier molecular flexibility index (Phi) is 5.38. The van der Waals surface area contributed by atoms with Crippen LogP contribution in [0.5, 0.6) is 0 Å². The Labute approximate surface area is 148 Å². The Morgan fingerprint density at radius 3 is 2.52 bits per heavy atom. The normalized spacial score (nSPS) is 17.2. The summed E-state index contributed by atoms with van der Waals surface area (Å²) in [6.45, 7) is 7.65. The molecule has 1 amide bonds. The van der Waals surface area contributed by atoms with Crippen molar-refractivity contribution >= 4 is 17.5 Å². The minimum Gasteiger partial charge on any atom is -0.382 e. The van der Waals surface area contributed by atoms with Crippen LogP contribution < -0.4 is 10.6 Å². The number of aromatic nitrogens is 1. The van der Waals surface area contributed by atoms with Crippen LogP contribution in [0.25, 0.3) is 0 Å². The van der Waals surface area contributed by atoms with Gasteiger partial charge >= 0.3 is 0 Å². The third-order valence-electron chi connectivity index (χ3n) is 4.75. The maximum atomic E-state index is 12.4. The van der Waals surface area contributed by atoms with Gasteiger partial charge in [-0.1, -0.05) is 22.9 Å². The number of likely N-dealkylation sites (tertiary alicyclic amines) is 1. The summed E-state index contributed by atoms with van der Waals surface area (Å²) >= 11 is 0. The van der Waals surface area contributed by atoms with Crippen LogP contribution in [0.4, 0.5) is 11.6 Å². The molecule has 0 saturated carbocycles. The van der Waals surface area contributed by atoms with E-state index >= 15 is 0 Å². The molecular weight excluding hydrogens is 316 g/mol. The van der Waals surface area contributed by atoms with E-state index in [0.29, 0.717) is 11.9 Å². The van der Waals surface area contributed by atoms with Crippen molar-refractivity contribution in [2.24, 2.45) is 0 Å². The lowest BCUT2D eigenvalue weighted by Gasteiger charge is -2.35. The standard InChI is InChI=1S/C19H26N4O2/c1-13-4-6-16(7-5-13)20-17-8-10-23(11-9-17)15(3)19(24)21-18-12-14(2)22-25-18/h4-7,12,15,17,20H,8-11H2,1-3H3,(H,21,24). The van der Waals surface area contributed by atoms with Crippen LogP contribution in [0, 0.1) is 13.8 Å². The van der Waals surface area contributed by atoms with Gasteiger partial charge in [0.25, 0.3) is 0 Å². The lowest BCUT2D eigenvalue weighted by molar-refractivity contribution is -0.121. The van der Waals surface area contributed by atoms with E-state index in [1.807, 2.05) is 13.8 Å². The minimum atomic E-state index is -0.189. The third-order valence-corrected chi connectivity index (χ3v) is 4.75. The molecule has 2 aromatic rings. The average molecular weight is 342 g/mol. The van der Waals surface area contributed by atoms with Gasteiger partial charge in [-0.3, -0.25) is 15.0 Å². The van der Waals surface area contributed by atoms with Gasteiger partial charge in [-0.15, -0.1) is 0 Å². The molecule has 1 unspecified atom stereocenters. The number of aryl methyl sites for hydroxylation is 2. The zero-order valence-corrected chi connectivity index (χ0v) is 15.1. The summed E-state index contributed by atoms with van der Waals surface area (Å²) < 4.78 is 5.05. The van der Waals surface area contributed by atoms with Crippen LogP contribution >= 0.6 is 0 Å². The van der Waals surface area contributed by atoms with Crippen molar-refractivity contribution in [3.63, 3.8) is 0 Å². The molecule has 25 heavy (non-hydrogen) atoms. The van der Waals surface area contributed by atoms with E-state index in [1.165, 1.54) is 5.56 Å². The van der Waals surface area contributed by atoms with Gasteiger partial charge in [0.1, 0.15) is 0 Å². The van der Waals surface area contributed by atoms with E-state index in [-0.39, 0.29) is 11.9 Å². The number of hydrogen-bond acceptors (Lipinski definition) is 5. The fourth-order valence-corrected chi connectivity index (χ4v) is 3.13. The van der Waals surface area contributed by atoms with Crippen molar-refractivity contribution in [2.75, 3.05) is 23.7 Å². The van der Waals surface area contributed by atoms with E-state index < -0.39 is 0 Å². The Morgan fingerprint density at radius 1 is 1.24 bits per heavy atom. The van der Waals surface area contributed by atoms with E-state index in [0.717, 1.165) is 37.3 Å². The van der Waals surface area contributed by atoms with Crippen LogP contribution in [0.3, 0.4) is 0 Å². The minimum absolute atomic E-state index is 0.0545. The molecule has 1 aliphatic heterocycles. The summed E-state index contributed by atoms with van der Waals surface area (Å²) in [6.07, 6.45) is 2.04. The van der Waals surface area contributed by atoms with Crippen molar-refractivity contribution in [3.05, 3.63) is 41.6 Å². The summed E-state index contributed by atoms with van der Waals surface area (Å²) in [7, 11) is 0. The molecule has 1 saturated heterocycles. The Morgan fingerprint density at radius 2 is 1.92 bits per heavy atom. The Hall–Kier alpha value is -2.34. The second kappa shape index (κ2) is 7.70. The fourth-order valence-electron chi connectivity index (χ4n) is 3.13. The summed E-state index contributed by atoms with van der Waals surface area (Å²) in [5, 5.41) is 10.2. The third kappa shape index (κ3) is 4.60. The van der Waals surface area contributed by atoms with Gasteiger partial charge in [0, 0.05) is 30.9 Å². The number of hydrogen-bond donors (Lipinski definition) is 2. The van der Waals surface area contributed by atoms with Crippen molar-refractivity contribution < 1.29 is 9.32 Å². The maximum Gasteiger partial charge on any atom is 0.243 e. The van der Waals surface area contributed by atoms with Gasteiger partial charge in [-0.25, -0.2) is 0 Å². The molecular formula is C19H26N4O2. The first kappa shape index (κ1) is 17.5. The number of carbonyl (C=O) groups is 1. The monoisotopic (exact) mass is 342 g/mol. The van der Waals surface area contributed by atoms with Crippen molar-refractivity contribution in [1.82, 2.24) is 10.1 Å². The smallest absolute Gasteiger partial charge is 0.243 e. The van der Waals surface area contributed by atoms with Crippen LogP contribution in [-0.2, 0) is 4.79 Å². The molecule has 2 N–H and O–H groups in total. The predicted molar refractivity (Wildman–Crippen MR) is 98.7 cm³/mol. The second-order valence-corrected chi connectivity index (χ2v) is 6.82. The summed E-state index contributed by atoms with van der Waals surface area (Å²) in [6, 6.07) is 10.5. The molecule has 6 heteroatoms. The van der Waals surface area contributed by atoms with E-state index in [4.69, 9.17) is 4.52 Å². The highest BCUT2D eigenvalue weighted by Crippen LogP contribution is 2.19. The molecule has 6 nitrogen and oxygen atoms in total. The topological polar surface area (TPSA) is 70.4 Å². The molecule has 1 aromatic heterocycles. The molecule has 1 aliphatic rings. The number of benzene rings is 1. The quantitative estimate of drug-likeness (QED) is 0.873. The summed E-state index contributed by atoms with van der Waals surface area (Å²) in [5.41, 5.74) is 3.18. The summed E-state index contributed by atoms with van der Waals surface area (Å²) in [4.78, 5) is 14.6. The number of piperidine rings is 1. The Bertz CT molecular complexity index is 702. The molecule has 0 spiro atoms. The fraction of sp³-hybridized carbons (Fsp3) is 0.474. The first-order chi connectivity index (χ1) is 12.0. The Balaban J connectivity index is 1.47. The number of anilines is 2. The van der Waals surface area contributed by atoms with Crippen molar-refractivity contribution in [2.45, 2.75) is 45.7 Å². The molecule has 3 rings (SSSR count). The molecule has 1 fully saturated rings. The lowest BCUT2D eigenvalue weighted by Crippen LogP contribution is -2.48. The predicted octanol–water partition coefficient (Wildman–Crippen LogP) is 3.19. The first-order valence-corrected chi connectivity index (χ1v) is 8.82. The van der Waals surface area contributed by atoms with Crippen LogP contribution in [-0.4, -0.2) is 41.1 Å². The SMILES string of the molecule is Cc1ccc(NC2CCN(C(C)C(=O)Nc3cc(C)no3)CC2)cc1. The maximum absolute atomic E-state index is 12.4. The molecule has 0 radical (unpaired) electrons. The van der Waals surface area contributed by atoms with Gasteiger partial charge in [0.15, 0.2) is 0 Å².